The Balaban J connectivity index is 3.27. The maximum absolute atomic E-state index is 11.1. The third kappa shape index (κ3) is 2.20. The van der Waals surface area contributed by atoms with E-state index in [1.165, 1.54) is 0 Å². The molecule has 1 aromatic rings. The van der Waals surface area contributed by atoms with E-state index in [4.69, 9.17) is 0 Å². The van der Waals surface area contributed by atoms with Gasteiger partial charge in [0, 0.05) is 18.2 Å². The van der Waals surface area contributed by atoms with Gasteiger partial charge in [-0.1, -0.05) is 13.8 Å². The van der Waals surface area contributed by atoms with Crippen molar-refractivity contribution in [2.24, 2.45) is 0 Å². The predicted molar refractivity (Wildman–Crippen MR) is 50.9 cm³/mol. The summed E-state index contributed by atoms with van der Waals surface area (Å²) in [6.07, 6.45) is 1.02. The maximum atomic E-state index is 11.1. The number of hydrogen-bond donors (Lipinski definition) is 1. The highest BCUT2D eigenvalue weighted by Gasteiger charge is 2.15. The molecule has 6 heteroatoms. The van der Waals surface area contributed by atoms with Crippen LogP contribution in [-0.2, 0) is 9.84 Å². The summed E-state index contributed by atoms with van der Waals surface area (Å²) in [5.41, 5.74) is 0.400. The van der Waals surface area contributed by atoms with Gasteiger partial charge in [-0.25, -0.2) is 8.42 Å². The molecule has 0 aliphatic heterocycles. The standard InChI is InChI=1S/C8H12N2O3S/c1-5(2)8-6(11)4-7(9-10-8)14(3,12)13/h4-5H,1-3H3,(H,9,11). The van der Waals surface area contributed by atoms with E-state index in [0.29, 0.717) is 5.69 Å². The molecule has 0 saturated carbocycles. The van der Waals surface area contributed by atoms with Gasteiger partial charge in [-0.15, -0.1) is 5.10 Å². The van der Waals surface area contributed by atoms with Crippen molar-refractivity contribution in [3.8, 4) is 5.75 Å². The highest BCUT2D eigenvalue weighted by molar-refractivity contribution is 7.90. The first-order chi connectivity index (χ1) is 6.32. The SMILES string of the molecule is CC(C)c1nnc(S(C)(=O)=O)cc1O. The molecule has 1 heterocycles. The Morgan fingerprint density at radius 3 is 2.29 bits per heavy atom. The summed E-state index contributed by atoms with van der Waals surface area (Å²) >= 11 is 0. The van der Waals surface area contributed by atoms with Crippen LogP contribution in [-0.4, -0.2) is 30.0 Å². The fourth-order valence-corrected chi connectivity index (χ4v) is 1.48. The minimum absolute atomic E-state index is 0.0103. The van der Waals surface area contributed by atoms with Crippen LogP contribution in [0.1, 0.15) is 25.5 Å². The second kappa shape index (κ2) is 3.53. The van der Waals surface area contributed by atoms with Crippen molar-refractivity contribution >= 4 is 9.84 Å². The zero-order valence-electron chi connectivity index (χ0n) is 8.22. The predicted octanol–water partition coefficient (Wildman–Crippen LogP) is 0.709. The molecule has 0 aromatic carbocycles. The minimum atomic E-state index is -3.40. The first-order valence-electron chi connectivity index (χ1n) is 4.09. The van der Waals surface area contributed by atoms with Crippen molar-refractivity contribution in [2.45, 2.75) is 24.8 Å². The van der Waals surface area contributed by atoms with Crippen LogP contribution in [0.25, 0.3) is 0 Å². The van der Waals surface area contributed by atoms with Gasteiger partial charge in [-0.2, -0.15) is 5.10 Å². The second-order valence-electron chi connectivity index (χ2n) is 3.38. The van der Waals surface area contributed by atoms with Gasteiger partial charge in [-0.3, -0.25) is 0 Å². The second-order valence-corrected chi connectivity index (χ2v) is 5.34. The number of hydrogen-bond acceptors (Lipinski definition) is 5. The zero-order valence-corrected chi connectivity index (χ0v) is 9.04. The van der Waals surface area contributed by atoms with E-state index >= 15 is 0 Å². The zero-order chi connectivity index (χ0) is 10.9. The Morgan fingerprint density at radius 1 is 1.36 bits per heavy atom. The summed E-state index contributed by atoms with van der Waals surface area (Å²) in [6, 6.07) is 1.12. The van der Waals surface area contributed by atoms with Crippen LogP contribution in [0, 0.1) is 0 Å². The lowest BCUT2D eigenvalue weighted by atomic mass is 10.1. The van der Waals surface area contributed by atoms with E-state index < -0.39 is 9.84 Å². The minimum Gasteiger partial charge on any atom is -0.506 e. The molecular weight excluding hydrogens is 204 g/mol. The molecule has 1 rings (SSSR count). The molecule has 0 fully saturated rings. The third-order valence-electron chi connectivity index (χ3n) is 1.71. The van der Waals surface area contributed by atoms with Gasteiger partial charge in [-0.05, 0) is 0 Å². The highest BCUT2D eigenvalue weighted by Crippen LogP contribution is 2.23. The Hall–Kier alpha value is -1.17. The van der Waals surface area contributed by atoms with Crippen LogP contribution in [0.2, 0.25) is 0 Å². The monoisotopic (exact) mass is 216 g/mol. The van der Waals surface area contributed by atoms with Gasteiger partial charge in [0.1, 0.15) is 11.4 Å². The Morgan fingerprint density at radius 2 is 1.93 bits per heavy atom. The van der Waals surface area contributed by atoms with Crippen LogP contribution >= 0.6 is 0 Å². The van der Waals surface area contributed by atoms with Crippen molar-refractivity contribution in [1.82, 2.24) is 10.2 Å². The lowest BCUT2D eigenvalue weighted by molar-refractivity contribution is 0.452. The number of aromatic nitrogens is 2. The molecule has 0 aliphatic rings. The van der Waals surface area contributed by atoms with E-state index in [9.17, 15) is 13.5 Å². The molecule has 0 bridgehead atoms. The lowest BCUT2D eigenvalue weighted by Crippen LogP contribution is -2.05. The average Bonchev–Trinajstić information content (AvgIpc) is 2.01. The van der Waals surface area contributed by atoms with Crippen molar-refractivity contribution in [1.29, 1.82) is 0 Å². The van der Waals surface area contributed by atoms with Crippen LogP contribution in [0.5, 0.6) is 5.75 Å². The Kier molecular flexibility index (Phi) is 2.75. The summed E-state index contributed by atoms with van der Waals surface area (Å²) < 4.78 is 22.1. The van der Waals surface area contributed by atoms with E-state index in [1.54, 1.807) is 0 Å². The largest absolute Gasteiger partial charge is 0.506 e. The van der Waals surface area contributed by atoms with Crippen LogP contribution in [0.4, 0.5) is 0 Å². The first-order valence-corrected chi connectivity index (χ1v) is 5.98. The van der Waals surface area contributed by atoms with E-state index in [0.717, 1.165) is 12.3 Å². The number of sulfone groups is 1. The van der Waals surface area contributed by atoms with Crippen molar-refractivity contribution < 1.29 is 13.5 Å². The number of nitrogens with zero attached hydrogens (tertiary/aromatic N) is 2. The summed E-state index contributed by atoms with van der Waals surface area (Å²) in [7, 11) is -3.40. The molecule has 0 unspecified atom stereocenters. The summed E-state index contributed by atoms with van der Waals surface area (Å²) in [4.78, 5) is 0. The van der Waals surface area contributed by atoms with Crippen molar-refractivity contribution in [3.05, 3.63) is 11.8 Å². The van der Waals surface area contributed by atoms with Crippen molar-refractivity contribution in [2.75, 3.05) is 6.26 Å². The topological polar surface area (TPSA) is 80.2 Å². The van der Waals surface area contributed by atoms with E-state index in [2.05, 4.69) is 10.2 Å². The van der Waals surface area contributed by atoms with Crippen molar-refractivity contribution in [3.63, 3.8) is 0 Å². The van der Waals surface area contributed by atoms with Crippen LogP contribution < -0.4 is 0 Å². The van der Waals surface area contributed by atoms with Gasteiger partial charge < -0.3 is 5.11 Å². The molecule has 0 atom stereocenters. The Bertz CT molecular complexity index is 440. The fourth-order valence-electron chi connectivity index (χ4n) is 0.967. The van der Waals surface area contributed by atoms with E-state index in [1.807, 2.05) is 13.8 Å². The smallest absolute Gasteiger partial charge is 0.194 e. The van der Waals surface area contributed by atoms with Gasteiger partial charge in [0.2, 0.25) is 0 Å². The van der Waals surface area contributed by atoms with Crippen LogP contribution in [0.3, 0.4) is 0 Å². The fraction of sp³-hybridized carbons (Fsp3) is 0.500. The molecule has 1 aromatic heterocycles. The molecule has 0 saturated heterocycles. The summed E-state index contributed by atoms with van der Waals surface area (Å²) in [5.74, 6) is -0.119. The van der Waals surface area contributed by atoms with Crippen LogP contribution in [0.15, 0.2) is 11.1 Å². The Labute approximate surface area is 82.7 Å². The summed E-state index contributed by atoms with van der Waals surface area (Å²) in [5, 5.41) is 16.4. The molecular formula is C8H12N2O3S. The normalized spacial score (nSPS) is 12.0. The van der Waals surface area contributed by atoms with E-state index in [-0.39, 0.29) is 16.7 Å². The van der Waals surface area contributed by atoms with Gasteiger partial charge >= 0.3 is 0 Å². The number of rotatable bonds is 2. The molecule has 14 heavy (non-hydrogen) atoms. The van der Waals surface area contributed by atoms with Gasteiger partial charge in [0.05, 0.1) is 0 Å². The molecule has 78 valence electrons. The number of aromatic hydroxyl groups is 1. The maximum Gasteiger partial charge on any atom is 0.194 e. The first kappa shape index (κ1) is 10.9. The molecule has 0 aliphatic carbocycles. The lowest BCUT2D eigenvalue weighted by Gasteiger charge is -2.06. The third-order valence-corrected chi connectivity index (χ3v) is 2.66. The average molecular weight is 216 g/mol. The molecule has 0 spiro atoms. The van der Waals surface area contributed by atoms with Gasteiger partial charge in [0.25, 0.3) is 0 Å². The molecule has 5 nitrogen and oxygen atoms in total. The highest BCUT2D eigenvalue weighted by atomic mass is 32.2. The summed E-state index contributed by atoms with van der Waals surface area (Å²) in [6.45, 7) is 3.67. The molecule has 0 radical (unpaired) electrons. The molecule has 0 amide bonds. The quantitative estimate of drug-likeness (QED) is 0.787. The molecule has 1 N–H and O–H groups in total. The van der Waals surface area contributed by atoms with Gasteiger partial charge in [0.15, 0.2) is 14.9 Å².